The molecule has 0 aliphatic heterocycles. The number of esters is 1. The minimum atomic E-state index is -3.83. The first-order valence-corrected chi connectivity index (χ1v) is 13.1. The second-order valence-electron chi connectivity index (χ2n) is 8.31. The molecule has 174 valence electrons. The number of sulfonamides is 1. The van der Waals surface area contributed by atoms with Crippen LogP contribution in [0.3, 0.4) is 0 Å². The smallest absolute Gasteiger partial charge is 0.308 e. The fraction of sp³-hybridized carbons (Fsp3) is 0.458. The number of benzene rings is 2. The molecule has 0 amide bonds. The molecule has 1 aliphatic rings. The standard InChI is InChI=1S/C24H29BrFNO4S/c1-3-31-24(28)20-9-7-18(8-10-20)15-27(16-19-5-4-6-21(25)14-19)32(29,30)22-11-12-23(26)17(2)13-22/h4-6,11-14,18,20H,3,7-10,15-16H2,1-2H3. The van der Waals surface area contributed by atoms with Crippen molar-refractivity contribution < 1.29 is 22.3 Å². The van der Waals surface area contributed by atoms with Crippen molar-refractivity contribution in [3.05, 3.63) is 63.9 Å². The maximum atomic E-state index is 13.8. The minimum Gasteiger partial charge on any atom is -0.466 e. The monoisotopic (exact) mass is 525 g/mol. The average Bonchev–Trinajstić information content (AvgIpc) is 2.76. The van der Waals surface area contributed by atoms with Gasteiger partial charge in [0.2, 0.25) is 10.0 Å². The van der Waals surface area contributed by atoms with E-state index in [1.54, 1.807) is 13.8 Å². The van der Waals surface area contributed by atoms with Gasteiger partial charge in [0.15, 0.2) is 0 Å². The zero-order chi connectivity index (χ0) is 23.3. The van der Waals surface area contributed by atoms with E-state index in [1.165, 1.54) is 22.5 Å². The largest absolute Gasteiger partial charge is 0.466 e. The lowest BCUT2D eigenvalue weighted by Gasteiger charge is -2.31. The molecule has 0 spiro atoms. The first kappa shape index (κ1) is 24.9. The van der Waals surface area contributed by atoms with Gasteiger partial charge in [0, 0.05) is 17.6 Å². The van der Waals surface area contributed by atoms with Gasteiger partial charge in [-0.3, -0.25) is 4.79 Å². The van der Waals surface area contributed by atoms with Gasteiger partial charge in [-0.05, 0) is 86.9 Å². The summed E-state index contributed by atoms with van der Waals surface area (Å²) in [7, 11) is -3.83. The van der Waals surface area contributed by atoms with Crippen LogP contribution in [-0.4, -0.2) is 31.8 Å². The lowest BCUT2D eigenvalue weighted by Crippen LogP contribution is -2.37. The van der Waals surface area contributed by atoms with Gasteiger partial charge in [0.25, 0.3) is 0 Å². The van der Waals surface area contributed by atoms with Crippen LogP contribution in [0.25, 0.3) is 0 Å². The van der Waals surface area contributed by atoms with E-state index in [1.807, 2.05) is 24.3 Å². The zero-order valence-electron chi connectivity index (χ0n) is 18.4. The topological polar surface area (TPSA) is 63.7 Å². The molecule has 0 N–H and O–H groups in total. The van der Waals surface area contributed by atoms with E-state index in [-0.39, 0.29) is 29.2 Å². The van der Waals surface area contributed by atoms with E-state index in [2.05, 4.69) is 15.9 Å². The van der Waals surface area contributed by atoms with Crippen LogP contribution in [0.2, 0.25) is 0 Å². The summed E-state index contributed by atoms with van der Waals surface area (Å²) in [4.78, 5) is 12.1. The summed E-state index contributed by atoms with van der Waals surface area (Å²) in [5.74, 6) is -0.559. The van der Waals surface area contributed by atoms with Crippen LogP contribution in [0.1, 0.15) is 43.7 Å². The number of rotatable bonds is 8. The molecule has 2 aromatic carbocycles. The number of halogens is 2. The van der Waals surface area contributed by atoms with Crippen LogP contribution < -0.4 is 0 Å². The van der Waals surface area contributed by atoms with Crippen LogP contribution in [0.15, 0.2) is 51.8 Å². The summed E-state index contributed by atoms with van der Waals surface area (Å²) in [5.41, 5.74) is 1.16. The number of hydrogen-bond donors (Lipinski definition) is 0. The molecule has 5 nitrogen and oxygen atoms in total. The molecule has 1 fully saturated rings. The van der Waals surface area contributed by atoms with Gasteiger partial charge in [-0.15, -0.1) is 0 Å². The van der Waals surface area contributed by atoms with Crippen molar-refractivity contribution in [2.24, 2.45) is 11.8 Å². The quantitative estimate of drug-likeness (QED) is 0.429. The summed E-state index contributed by atoms with van der Waals surface area (Å²) >= 11 is 3.44. The Balaban J connectivity index is 1.81. The van der Waals surface area contributed by atoms with Crippen LogP contribution in [0.5, 0.6) is 0 Å². The highest BCUT2D eigenvalue weighted by Gasteiger charge is 2.32. The maximum absolute atomic E-state index is 13.8. The van der Waals surface area contributed by atoms with Crippen molar-refractivity contribution in [1.29, 1.82) is 0 Å². The van der Waals surface area contributed by atoms with Crippen LogP contribution in [-0.2, 0) is 26.1 Å². The summed E-state index contributed by atoms with van der Waals surface area (Å²) in [6, 6.07) is 11.5. The lowest BCUT2D eigenvalue weighted by atomic mass is 9.82. The van der Waals surface area contributed by atoms with Crippen molar-refractivity contribution in [2.45, 2.75) is 51.0 Å². The molecule has 0 radical (unpaired) electrons. The first-order chi connectivity index (χ1) is 15.2. The minimum absolute atomic E-state index is 0.0895. The molecule has 32 heavy (non-hydrogen) atoms. The molecule has 0 heterocycles. The highest BCUT2D eigenvalue weighted by atomic mass is 79.9. The normalized spacial score (nSPS) is 19.2. The average molecular weight is 526 g/mol. The Labute approximate surface area is 198 Å². The molecule has 1 aliphatic carbocycles. The molecule has 0 bridgehead atoms. The fourth-order valence-electron chi connectivity index (χ4n) is 4.14. The molecule has 0 unspecified atom stereocenters. The Kier molecular flexibility index (Phi) is 8.47. The second kappa shape index (κ2) is 10.9. The summed E-state index contributed by atoms with van der Waals surface area (Å²) < 4.78 is 48.3. The van der Waals surface area contributed by atoms with E-state index >= 15 is 0 Å². The number of nitrogens with zero attached hydrogens (tertiary/aromatic N) is 1. The zero-order valence-corrected chi connectivity index (χ0v) is 20.8. The van der Waals surface area contributed by atoms with E-state index in [9.17, 15) is 17.6 Å². The molecule has 0 aromatic heterocycles. The third-order valence-corrected chi connectivity index (χ3v) is 8.24. The predicted octanol–water partition coefficient (Wildman–Crippen LogP) is 5.46. The van der Waals surface area contributed by atoms with Crippen molar-refractivity contribution in [3.8, 4) is 0 Å². The number of carbonyl (C=O) groups excluding carboxylic acids is 1. The van der Waals surface area contributed by atoms with Gasteiger partial charge in [-0.2, -0.15) is 4.31 Å². The van der Waals surface area contributed by atoms with E-state index in [0.717, 1.165) is 22.9 Å². The molecule has 3 rings (SSSR count). The second-order valence-corrected chi connectivity index (χ2v) is 11.2. The van der Waals surface area contributed by atoms with Gasteiger partial charge in [0.1, 0.15) is 5.82 Å². The maximum Gasteiger partial charge on any atom is 0.308 e. The van der Waals surface area contributed by atoms with Crippen molar-refractivity contribution >= 4 is 31.9 Å². The Morgan fingerprint density at radius 3 is 2.50 bits per heavy atom. The molecule has 0 saturated heterocycles. The highest BCUT2D eigenvalue weighted by molar-refractivity contribution is 9.10. The van der Waals surface area contributed by atoms with Crippen molar-refractivity contribution in [3.63, 3.8) is 0 Å². The summed E-state index contributed by atoms with van der Waals surface area (Å²) in [6.07, 6.45) is 2.92. The molecular weight excluding hydrogens is 497 g/mol. The lowest BCUT2D eigenvalue weighted by molar-refractivity contribution is -0.149. The third kappa shape index (κ3) is 6.17. The molecule has 8 heteroatoms. The Morgan fingerprint density at radius 2 is 1.88 bits per heavy atom. The molecule has 2 aromatic rings. The van der Waals surface area contributed by atoms with Crippen molar-refractivity contribution in [1.82, 2.24) is 4.31 Å². The van der Waals surface area contributed by atoms with Gasteiger partial charge >= 0.3 is 5.97 Å². The fourth-order valence-corrected chi connectivity index (χ4v) is 6.18. The van der Waals surface area contributed by atoms with E-state index in [0.29, 0.717) is 31.6 Å². The van der Waals surface area contributed by atoms with Crippen LogP contribution in [0.4, 0.5) is 4.39 Å². The van der Waals surface area contributed by atoms with Gasteiger partial charge in [-0.1, -0.05) is 28.1 Å². The molecular formula is C24H29BrFNO4S. The predicted molar refractivity (Wildman–Crippen MR) is 125 cm³/mol. The first-order valence-electron chi connectivity index (χ1n) is 10.9. The number of aryl methyl sites for hydroxylation is 1. The number of hydrogen-bond acceptors (Lipinski definition) is 4. The van der Waals surface area contributed by atoms with Gasteiger partial charge < -0.3 is 4.74 Å². The Morgan fingerprint density at radius 1 is 1.16 bits per heavy atom. The molecule has 0 atom stereocenters. The Hall–Kier alpha value is -1.77. The summed E-state index contributed by atoms with van der Waals surface area (Å²) in [5, 5.41) is 0. The number of ether oxygens (including phenoxy) is 1. The van der Waals surface area contributed by atoms with E-state index < -0.39 is 15.8 Å². The van der Waals surface area contributed by atoms with Crippen LogP contribution >= 0.6 is 15.9 Å². The van der Waals surface area contributed by atoms with Crippen LogP contribution in [0, 0.1) is 24.6 Å². The summed E-state index contributed by atoms with van der Waals surface area (Å²) in [6.45, 7) is 4.29. The number of carbonyl (C=O) groups is 1. The third-order valence-electron chi connectivity index (χ3n) is 5.94. The molecule has 1 saturated carbocycles. The van der Waals surface area contributed by atoms with E-state index in [4.69, 9.17) is 4.74 Å². The van der Waals surface area contributed by atoms with Crippen molar-refractivity contribution in [2.75, 3.05) is 13.2 Å². The Bertz CT molecular complexity index is 1050. The highest BCUT2D eigenvalue weighted by Crippen LogP contribution is 2.32. The van der Waals surface area contributed by atoms with Gasteiger partial charge in [-0.25, -0.2) is 12.8 Å². The SMILES string of the molecule is CCOC(=O)C1CCC(CN(Cc2cccc(Br)c2)S(=O)(=O)c2ccc(F)c(C)c2)CC1. The van der Waals surface area contributed by atoms with Gasteiger partial charge in [0.05, 0.1) is 17.4 Å².